The van der Waals surface area contributed by atoms with E-state index in [0.29, 0.717) is 4.88 Å². The fraction of sp³-hybridized carbons (Fsp3) is 0.435. The van der Waals surface area contributed by atoms with E-state index < -0.39 is 12.1 Å². The third-order valence-electron chi connectivity index (χ3n) is 5.48. The normalized spacial score (nSPS) is 15.5. The van der Waals surface area contributed by atoms with Crippen LogP contribution in [0.1, 0.15) is 42.3 Å². The van der Waals surface area contributed by atoms with Crippen molar-refractivity contribution in [2.24, 2.45) is 0 Å². The Kier molecular flexibility index (Phi) is 6.27. The van der Waals surface area contributed by atoms with Crippen LogP contribution < -0.4 is 4.90 Å². The molecular formula is C23H28N4O3S. The highest BCUT2D eigenvalue weighted by molar-refractivity contribution is 7.20. The van der Waals surface area contributed by atoms with Crippen molar-refractivity contribution in [3.8, 4) is 5.69 Å². The molecule has 0 radical (unpaired) electrons. The predicted molar refractivity (Wildman–Crippen MR) is 123 cm³/mol. The van der Waals surface area contributed by atoms with Crippen LogP contribution in [0.25, 0.3) is 16.0 Å². The smallest absolute Gasteiger partial charge is 0.349 e. The molecule has 4 rings (SSSR count). The van der Waals surface area contributed by atoms with Crippen LogP contribution in [0, 0.1) is 0 Å². The molecule has 7 nitrogen and oxygen atoms in total. The molecule has 1 atom stereocenters. The second-order valence-electron chi connectivity index (χ2n) is 8.07. The topological polar surface area (TPSA) is 67.7 Å². The minimum Gasteiger partial charge on any atom is -0.448 e. The number of hydrogen-bond acceptors (Lipinski definition) is 6. The number of anilines is 1. The number of ether oxygens (including phenoxy) is 1. The SMILES string of the molecule is C[C@H](OC(=O)c1cc2nc(N(C)C)n(-c3ccccc3)c2s1)C(=O)N1CCCCCC1. The van der Waals surface area contributed by atoms with Gasteiger partial charge in [-0.15, -0.1) is 11.3 Å². The second-order valence-corrected chi connectivity index (χ2v) is 9.10. The summed E-state index contributed by atoms with van der Waals surface area (Å²) < 4.78 is 7.58. The van der Waals surface area contributed by atoms with E-state index >= 15 is 0 Å². The van der Waals surface area contributed by atoms with Gasteiger partial charge < -0.3 is 14.5 Å². The molecule has 0 saturated carbocycles. The number of para-hydroxylation sites is 1. The van der Waals surface area contributed by atoms with Gasteiger partial charge in [0.2, 0.25) is 5.95 Å². The van der Waals surface area contributed by atoms with Crippen molar-refractivity contribution >= 4 is 39.5 Å². The molecule has 0 N–H and O–H groups in total. The van der Waals surface area contributed by atoms with Gasteiger partial charge in [-0.1, -0.05) is 31.0 Å². The van der Waals surface area contributed by atoms with Crippen molar-refractivity contribution < 1.29 is 14.3 Å². The van der Waals surface area contributed by atoms with Gasteiger partial charge >= 0.3 is 5.97 Å². The number of likely N-dealkylation sites (tertiary alicyclic amines) is 1. The van der Waals surface area contributed by atoms with Gasteiger partial charge in [0, 0.05) is 32.9 Å². The molecule has 3 aromatic rings. The molecule has 1 saturated heterocycles. The lowest BCUT2D eigenvalue weighted by Crippen LogP contribution is -2.40. The molecule has 1 fully saturated rings. The maximum absolute atomic E-state index is 12.8. The summed E-state index contributed by atoms with van der Waals surface area (Å²) in [5, 5.41) is 0. The molecule has 1 amide bonds. The number of nitrogens with zero attached hydrogens (tertiary/aromatic N) is 4. The molecule has 0 bridgehead atoms. The van der Waals surface area contributed by atoms with Crippen LogP contribution in [0.15, 0.2) is 36.4 Å². The van der Waals surface area contributed by atoms with Crippen LogP contribution in [0.5, 0.6) is 0 Å². The molecule has 0 aliphatic carbocycles. The summed E-state index contributed by atoms with van der Waals surface area (Å²) >= 11 is 1.33. The Bertz CT molecular complexity index is 1070. The van der Waals surface area contributed by atoms with Crippen molar-refractivity contribution in [3.05, 3.63) is 41.3 Å². The van der Waals surface area contributed by atoms with Gasteiger partial charge in [-0.25, -0.2) is 9.78 Å². The Morgan fingerprint density at radius 2 is 1.77 bits per heavy atom. The predicted octanol–water partition coefficient (Wildman–Crippen LogP) is 4.10. The molecule has 31 heavy (non-hydrogen) atoms. The number of carbonyl (C=O) groups excluding carboxylic acids is 2. The fourth-order valence-corrected chi connectivity index (χ4v) is 4.89. The Balaban J connectivity index is 1.56. The third-order valence-corrected chi connectivity index (χ3v) is 6.57. The van der Waals surface area contributed by atoms with Gasteiger partial charge in [-0.05, 0) is 38.0 Å². The first kappa shape index (κ1) is 21.4. The molecule has 1 aliphatic heterocycles. The first-order valence-corrected chi connectivity index (χ1v) is 11.5. The van der Waals surface area contributed by atoms with Gasteiger partial charge in [0.1, 0.15) is 15.2 Å². The lowest BCUT2D eigenvalue weighted by atomic mass is 10.2. The lowest BCUT2D eigenvalue weighted by Gasteiger charge is -2.23. The van der Waals surface area contributed by atoms with E-state index in [9.17, 15) is 9.59 Å². The molecule has 3 heterocycles. The Hall–Kier alpha value is -2.87. The molecular weight excluding hydrogens is 412 g/mol. The zero-order valence-corrected chi connectivity index (χ0v) is 19.0. The monoisotopic (exact) mass is 440 g/mol. The van der Waals surface area contributed by atoms with Crippen LogP contribution in [0.4, 0.5) is 5.95 Å². The van der Waals surface area contributed by atoms with E-state index in [1.165, 1.54) is 11.3 Å². The summed E-state index contributed by atoms with van der Waals surface area (Å²) in [5.74, 6) is 0.194. The zero-order chi connectivity index (χ0) is 22.0. The Morgan fingerprint density at radius 1 is 1.10 bits per heavy atom. The number of fused-ring (bicyclic) bond motifs is 1. The molecule has 1 aromatic carbocycles. The van der Waals surface area contributed by atoms with E-state index in [1.807, 2.05) is 58.8 Å². The van der Waals surface area contributed by atoms with Crippen molar-refractivity contribution in [1.82, 2.24) is 14.5 Å². The van der Waals surface area contributed by atoms with Crippen molar-refractivity contribution in [2.75, 3.05) is 32.1 Å². The standard InChI is InChI=1S/C23H28N4O3S/c1-16(20(28)26-13-9-4-5-10-14-26)30-22(29)19-15-18-21(31-19)27(23(24-18)25(2)3)17-11-7-6-8-12-17/h6-8,11-12,15-16H,4-5,9-10,13-14H2,1-3H3/t16-/m0/s1. The van der Waals surface area contributed by atoms with Crippen molar-refractivity contribution in [2.45, 2.75) is 38.7 Å². The average Bonchev–Trinajstić information content (AvgIpc) is 3.21. The largest absolute Gasteiger partial charge is 0.448 e. The van der Waals surface area contributed by atoms with Crippen LogP contribution >= 0.6 is 11.3 Å². The maximum Gasteiger partial charge on any atom is 0.349 e. The number of hydrogen-bond donors (Lipinski definition) is 0. The first-order valence-electron chi connectivity index (χ1n) is 10.7. The highest BCUT2D eigenvalue weighted by Gasteiger charge is 2.27. The zero-order valence-electron chi connectivity index (χ0n) is 18.2. The number of amides is 1. The van der Waals surface area contributed by atoms with Gasteiger partial charge in [0.15, 0.2) is 6.10 Å². The summed E-state index contributed by atoms with van der Waals surface area (Å²) in [7, 11) is 3.88. The van der Waals surface area contributed by atoms with Crippen molar-refractivity contribution in [1.29, 1.82) is 0 Å². The van der Waals surface area contributed by atoms with E-state index in [1.54, 1.807) is 13.0 Å². The maximum atomic E-state index is 12.8. The molecule has 0 spiro atoms. The summed E-state index contributed by atoms with van der Waals surface area (Å²) in [6, 6.07) is 11.7. The van der Waals surface area contributed by atoms with Gasteiger partial charge in [0.05, 0.1) is 0 Å². The molecule has 1 aliphatic rings. The minimum absolute atomic E-state index is 0.113. The number of rotatable bonds is 5. The van der Waals surface area contributed by atoms with Crippen LogP contribution in [0.2, 0.25) is 0 Å². The average molecular weight is 441 g/mol. The van der Waals surface area contributed by atoms with Gasteiger partial charge in [0.25, 0.3) is 5.91 Å². The molecule has 0 unspecified atom stereocenters. The number of thiophene rings is 1. The van der Waals surface area contributed by atoms with Crippen LogP contribution in [0.3, 0.4) is 0 Å². The second kappa shape index (κ2) is 9.09. The fourth-order valence-electron chi connectivity index (χ4n) is 3.89. The Morgan fingerprint density at radius 3 is 2.42 bits per heavy atom. The molecule has 8 heteroatoms. The van der Waals surface area contributed by atoms with Crippen LogP contribution in [-0.4, -0.2) is 59.6 Å². The number of esters is 1. The lowest BCUT2D eigenvalue weighted by molar-refractivity contribution is -0.139. The number of carbonyl (C=O) groups is 2. The quantitative estimate of drug-likeness (QED) is 0.559. The summed E-state index contributed by atoms with van der Waals surface area (Å²) in [4.78, 5) is 35.3. The number of imidazole rings is 1. The Labute approximate surface area is 186 Å². The van der Waals surface area contributed by atoms with E-state index in [0.717, 1.165) is 60.8 Å². The van der Waals surface area contributed by atoms with E-state index in [2.05, 4.69) is 0 Å². The van der Waals surface area contributed by atoms with Crippen LogP contribution in [-0.2, 0) is 9.53 Å². The van der Waals surface area contributed by atoms with Gasteiger partial charge in [-0.3, -0.25) is 9.36 Å². The molecule has 164 valence electrons. The number of aromatic nitrogens is 2. The third kappa shape index (κ3) is 4.44. The van der Waals surface area contributed by atoms with Gasteiger partial charge in [-0.2, -0.15) is 0 Å². The summed E-state index contributed by atoms with van der Waals surface area (Å²) in [6.07, 6.45) is 3.50. The van der Waals surface area contributed by atoms with E-state index in [4.69, 9.17) is 9.72 Å². The highest BCUT2D eigenvalue weighted by atomic mass is 32.1. The minimum atomic E-state index is -0.798. The highest BCUT2D eigenvalue weighted by Crippen LogP contribution is 2.33. The summed E-state index contributed by atoms with van der Waals surface area (Å²) in [6.45, 7) is 3.13. The van der Waals surface area contributed by atoms with Crippen molar-refractivity contribution in [3.63, 3.8) is 0 Å². The number of benzene rings is 1. The molecule has 2 aromatic heterocycles. The summed E-state index contributed by atoms with van der Waals surface area (Å²) in [5.41, 5.74) is 1.70. The van der Waals surface area contributed by atoms with E-state index in [-0.39, 0.29) is 5.91 Å². The first-order chi connectivity index (χ1) is 15.0.